The fourth-order valence-electron chi connectivity index (χ4n) is 11.6. The van der Waals surface area contributed by atoms with Crippen molar-refractivity contribution >= 4 is 34.0 Å². The number of hydrogen-bond donors (Lipinski definition) is 0. The average molecular weight is 831 g/mol. The van der Waals surface area contributed by atoms with Crippen LogP contribution >= 0.6 is 0 Å². The molecule has 11 rings (SSSR count). The van der Waals surface area contributed by atoms with Gasteiger partial charge in [0.2, 0.25) is 0 Å². The monoisotopic (exact) mass is 830 g/mol. The molecule has 0 spiro atoms. The minimum atomic E-state index is -0.0204. The van der Waals surface area contributed by atoms with E-state index in [1.54, 1.807) is 0 Å². The highest BCUT2D eigenvalue weighted by Crippen LogP contribution is 2.56. The first-order valence-electron chi connectivity index (χ1n) is 23.4. The number of anilines is 5. The molecule has 0 aliphatic heterocycles. The molecule has 64 heavy (non-hydrogen) atoms. The molecule has 2 unspecified atom stereocenters. The van der Waals surface area contributed by atoms with Crippen LogP contribution in [0.1, 0.15) is 92.7 Å². The van der Waals surface area contributed by atoms with Gasteiger partial charge in [-0.25, -0.2) is 0 Å². The molecule has 0 heterocycles. The second-order valence-corrected chi connectivity index (χ2v) is 19.8. The van der Waals surface area contributed by atoms with E-state index in [1.165, 1.54) is 108 Å². The maximum atomic E-state index is 2.49. The number of nitrogens with zero attached hydrogens (tertiary/aromatic N) is 2. The van der Waals surface area contributed by atoms with Gasteiger partial charge in [0.15, 0.2) is 0 Å². The molecule has 0 saturated heterocycles. The van der Waals surface area contributed by atoms with Gasteiger partial charge in [-0.1, -0.05) is 154 Å². The summed E-state index contributed by atoms with van der Waals surface area (Å²) in [7, 11) is 0. The van der Waals surface area contributed by atoms with Crippen LogP contribution in [0.15, 0.2) is 193 Å². The van der Waals surface area contributed by atoms with E-state index in [-0.39, 0.29) is 10.8 Å². The topological polar surface area (TPSA) is 6.48 Å². The van der Waals surface area contributed by atoms with E-state index in [4.69, 9.17) is 0 Å². The Hall–Kier alpha value is -6.64. The van der Waals surface area contributed by atoms with E-state index in [0.717, 1.165) is 18.5 Å². The number of benzene rings is 7. The van der Waals surface area contributed by atoms with Crippen LogP contribution in [0.3, 0.4) is 0 Å². The third kappa shape index (κ3) is 6.78. The average Bonchev–Trinajstić information content (AvgIpc) is 3.70. The molecule has 7 aromatic carbocycles. The van der Waals surface area contributed by atoms with E-state index in [1.807, 2.05) is 0 Å². The van der Waals surface area contributed by atoms with Crippen LogP contribution in [0.2, 0.25) is 0 Å². The van der Waals surface area contributed by atoms with Crippen molar-refractivity contribution in [1.82, 2.24) is 0 Å². The molecule has 2 nitrogen and oxygen atoms in total. The maximum absolute atomic E-state index is 2.49. The minimum Gasteiger partial charge on any atom is -0.314 e. The molecular formula is C62H58N2. The molecule has 0 amide bonds. The molecule has 0 radical (unpaired) electrons. The molecule has 7 aromatic rings. The summed E-state index contributed by atoms with van der Waals surface area (Å²) >= 11 is 0. The zero-order valence-electron chi connectivity index (χ0n) is 38.2. The molecule has 4 aliphatic rings. The SMILES string of the molecule is Cc1ccc(N(C2=CC3=C(CC2)c2ccccc2C3(C)C)c2ccc(-c3ccc(-c4ccc(N(c5ccc(C)cc5)c5ccc6c(c5)C(C)(C)C5CCC=CC65)cc4)cc3)cc2)cc1. The molecule has 0 saturated carbocycles. The Kier molecular flexibility index (Phi) is 9.76. The third-order valence-corrected chi connectivity index (χ3v) is 15.2. The van der Waals surface area contributed by atoms with E-state index in [9.17, 15) is 0 Å². The van der Waals surface area contributed by atoms with Crippen LogP contribution in [0, 0.1) is 19.8 Å². The molecule has 0 bridgehead atoms. The summed E-state index contributed by atoms with van der Waals surface area (Å²) in [5.41, 5.74) is 23.6. The summed E-state index contributed by atoms with van der Waals surface area (Å²) in [6.07, 6.45) is 11.8. The Morgan fingerprint density at radius 2 is 1.00 bits per heavy atom. The molecule has 2 atom stereocenters. The summed E-state index contributed by atoms with van der Waals surface area (Å²) in [4.78, 5) is 4.91. The van der Waals surface area contributed by atoms with E-state index < -0.39 is 0 Å². The Bertz CT molecular complexity index is 2980. The Balaban J connectivity index is 0.864. The van der Waals surface area contributed by atoms with Gasteiger partial charge in [0, 0.05) is 45.5 Å². The van der Waals surface area contributed by atoms with Crippen molar-refractivity contribution in [3.05, 3.63) is 227 Å². The van der Waals surface area contributed by atoms with Crippen molar-refractivity contribution in [3.8, 4) is 22.3 Å². The quantitative estimate of drug-likeness (QED) is 0.141. The van der Waals surface area contributed by atoms with Crippen LogP contribution in [0.4, 0.5) is 28.4 Å². The highest BCUT2D eigenvalue weighted by molar-refractivity contribution is 5.85. The first kappa shape index (κ1) is 40.2. The predicted octanol–water partition coefficient (Wildman–Crippen LogP) is 17.0. The van der Waals surface area contributed by atoms with Gasteiger partial charge in [-0.2, -0.15) is 0 Å². The number of aryl methyl sites for hydroxylation is 2. The normalized spacial score (nSPS) is 18.8. The Morgan fingerprint density at radius 3 is 1.58 bits per heavy atom. The lowest BCUT2D eigenvalue weighted by atomic mass is 9.72. The molecule has 2 heteroatoms. The van der Waals surface area contributed by atoms with E-state index >= 15 is 0 Å². The molecule has 4 aliphatic carbocycles. The summed E-state index contributed by atoms with van der Waals surface area (Å²) < 4.78 is 0. The summed E-state index contributed by atoms with van der Waals surface area (Å²) in [6, 6.07) is 61.6. The lowest BCUT2D eigenvalue weighted by Crippen LogP contribution is -2.26. The van der Waals surface area contributed by atoms with Gasteiger partial charge < -0.3 is 9.80 Å². The minimum absolute atomic E-state index is 0.0204. The van der Waals surface area contributed by atoms with E-state index in [0.29, 0.717) is 11.8 Å². The highest BCUT2D eigenvalue weighted by atomic mass is 15.2. The second kappa shape index (κ2) is 15.6. The molecule has 316 valence electrons. The van der Waals surface area contributed by atoms with Gasteiger partial charge in [-0.3, -0.25) is 0 Å². The van der Waals surface area contributed by atoms with Gasteiger partial charge in [-0.05, 0) is 173 Å². The fraction of sp³-hybridized carbons (Fsp3) is 0.226. The first-order valence-corrected chi connectivity index (χ1v) is 23.4. The Labute approximate surface area is 381 Å². The van der Waals surface area contributed by atoms with Crippen LogP contribution in [0.5, 0.6) is 0 Å². The van der Waals surface area contributed by atoms with Crippen molar-refractivity contribution in [2.24, 2.45) is 5.92 Å². The van der Waals surface area contributed by atoms with Crippen LogP contribution in [-0.4, -0.2) is 0 Å². The number of hydrogen-bond acceptors (Lipinski definition) is 2. The van der Waals surface area contributed by atoms with Crippen molar-refractivity contribution in [3.63, 3.8) is 0 Å². The lowest BCUT2D eigenvalue weighted by molar-refractivity contribution is 0.301. The second-order valence-electron chi connectivity index (χ2n) is 19.8. The van der Waals surface area contributed by atoms with Crippen molar-refractivity contribution in [1.29, 1.82) is 0 Å². The van der Waals surface area contributed by atoms with Gasteiger partial charge in [0.25, 0.3) is 0 Å². The van der Waals surface area contributed by atoms with Gasteiger partial charge in [0.05, 0.1) is 0 Å². The maximum Gasteiger partial charge on any atom is 0.0464 e. The summed E-state index contributed by atoms with van der Waals surface area (Å²) in [5.74, 6) is 1.18. The highest BCUT2D eigenvalue weighted by Gasteiger charge is 2.46. The zero-order chi connectivity index (χ0) is 43.7. The van der Waals surface area contributed by atoms with Gasteiger partial charge >= 0.3 is 0 Å². The van der Waals surface area contributed by atoms with Gasteiger partial charge in [-0.15, -0.1) is 0 Å². The summed E-state index contributed by atoms with van der Waals surface area (Å²) in [5, 5.41) is 0. The van der Waals surface area contributed by atoms with Crippen molar-refractivity contribution < 1.29 is 0 Å². The van der Waals surface area contributed by atoms with Crippen LogP contribution in [0.25, 0.3) is 27.8 Å². The number of rotatable bonds is 8. The van der Waals surface area contributed by atoms with Crippen LogP contribution < -0.4 is 9.80 Å². The number of allylic oxidation sites excluding steroid dienone is 6. The molecule has 0 N–H and O–H groups in total. The number of fused-ring (bicyclic) bond motifs is 5. The van der Waals surface area contributed by atoms with Crippen molar-refractivity contribution in [2.45, 2.75) is 84.0 Å². The fourth-order valence-corrected chi connectivity index (χ4v) is 11.6. The molecule has 0 fully saturated rings. The van der Waals surface area contributed by atoms with Gasteiger partial charge in [0.1, 0.15) is 0 Å². The Morgan fingerprint density at radius 1 is 0.500 bits per heavy atom. The first-order chi connectivity index (χ1) is 31.0. The standard InChI is InChI=1S/C62H58N2/c1-41-15-27-47(28-16-41)63(51-35-37-55-53-11-7-9-13-57(53)61(3,4)59(55)39-51)49-31-23-45(24-32-49)43-19-21-44(22-20-43)46-25-33-50(34-26-46)64(48-29-17-42(2)18-30-48)52-36-38-56-54-12-8-10-14-58(54)62(5,6)60(56)40-52/h7-9,11-13,15-34,36,38-40,54,58H,10,14,35,37H2,1-6H3. The predicted molar refractivity (Wildman–Crippen MR) is 271 cm³/mol. The third-order valence-electron chi connectivity index (χ3n) is 15.2. The summed E-state index contributed by atoms with van der Waals surface area (Å²) in [6.45, 7) is 14.0. The largest absolute Gasteiger partial charge is 0.314 e. The molecular weight excluding hydrogens is 773 g/mol. The van der Waals surface area contributed by atoms with Crippen LogP contribution in [-0.2, 0) is 10.8 Å². The smallest absolute Gasteiger partial charge is 0.0464 e. The van der Waals surface area contributed by atoms with E-state index in [2.05, 4.69) is 233 Å². The zero-order valence-corrected chi connectivity index (χ0v) is 38.2. The lowest BCUT2D eigenvalue weighted by Gasteiger charge is -2.33. The molecule has 0 aromatic heterocycles. The van der Waals surface area contributed by atoms with Crippen molar-refractivity contribution in [2.75, 3.05) is 9.80 Å².